The Hall–Kier alpha value is -2.29. The standard InChI is InChI=1S/C22H27ClN2O5S/c1-29-20-5-7-21(8-6-20)30-14-11-24-22(26)18-9-12-25(13-10-18)31(27,28)16-17-3-2-4-19(23)15-17/h2-8,15,18H,9-14,16H2,1H3,(H,24,26). The van der Waals surface area contributed by atoms with Gasteiger partial charge in [0.25, 0.3) is 0 Å². The summed E-state index contributed by atoms with van der Waals surface area (Å²) in [7, 11) is -1.84. The lowest BCUT2D eigenvalue weighted by atomic mass is 9.97. The molecule has 3 rings (SSSR count). The number of carbonyl (C=O) groups is 1. The normalized spacial score (nSPS) is 15.4. The van der Waals surface area contributed by atoms with Crippen LogP contribution in [0.2, 0.25) is 5.02 Å². The minimum absolute atomic E-state index is 0.0646. The van der Waals surface area contributed by atoms with E-state index in [-0.39, 0.29) is 17.6 Å². The molecule has 0 aromatic heterocycles. The van der Waals surface area contributed by atoms with E-state index in [4.69, 9.17) is 21.1 Å². The van der Waals surface area contributed by atoms with Crippen LogP contribution in [0, 0.1) is 5.92 Å². The van der Waals surface area contributed by atoms with Gasteiger partial charge in [-0.3, -0.25) is 4.79 Å². The molecule has 1 amide bonds. The number of benzene rings is 2. The first-order valence-electron chi connectivity index (χ1n) is 10.1. The van der Waals surface area contributed by atoms with Crippen LogP contribution in [-0.2, 0) is 20.6 Å². The maximum Gasteiger partial charge on any atom is 0.223 e. The number of nitrogens with zero attached hydrogens (tertiary/aromatic N) is 1. The second-order valence-electron chi connectivity index (χ2n) is 7.37. The van der Waals surface area contributed by atoms with Crippen LogP contribution in [0.25, 0.3) is 0 Å². The van der Waals surface area contributed by atoms with Crippen LogP contribution in [0.3, 0.4) is 0 Å². The summed E-state index contributed by atoms with van der Waals surface area (Å²) in [6, 6.07) is 14.1. The molecule has 0 unspecified atom stereocenters. The fourth-order valence-corrected chi connectivity index (χ4v) is 5.25. The van der Waals surface area contributed by atoms with Gasteiger partial charge in [0.15, 0.2) is 0 Å². The molecule has 168 valence electrons. The van der Waals surface area contributed by atoms with Crippen LogP contribution < -0.4 is 14.8 Å². The van der Waals surface area contributed by atoms with Gasteiger partial charge in [-0.05, 0) is 54.8 Å². The van der Waals surface area contributed by atoms with Gasteiger partial charge in [0, 0.05) is 24.0 Å². The Morgan fingerprint density at radius 1 is 1.13 bits per heavy atom. The number of methoxy groups -OCH3 is 1. The quantitative estimate of drug-likeness (QED) is 0.574. The molecule has 0 atom stereocenters. The van der Waals surface area contributed by atoms with E-state index in [0.717, 1.165) is 5.75 Å². The maximum atomic E-state index is 12.7. The number of amides is 1. The van der Waals surface area contributed by atoms with E-state index in [2.05, 4.69) is 5.32 Å². The molecular formula is C22H27ClN2O5S. The topological polar surface area (TPSA) is 84.9 Å². The lowest BCUT2D eigenvalue weighted by molar-refractivity contribution is -0.126. The zero-order valence-corrected chi connectivity index (χ0v) is 19.0. The van der Waals surface area contributed by atoms with Gasteiger partial charge in [-0.1, -0.05) is 23.7 Å². The van der Waals surface area contributed by atoms with Crippen molar-refractivity contribution in [3.05, 3.63) is 59.1 Å². The second-order valence-corrected chi connectivity index (χ2v) is 9.78. The second kappa shape index (κ2) is 10.8. The van der Waals surface area contributed by atoms with Crippen LogP contribution in [0.15, 0.2) is 48.5 Å². The van der Waals surface area contributed by atoms with Crippen molar-refractivity contribution in [2.75, 3.05) is 33.4 Å². The monoisotopic (exact) mass is 466 g/mol. The highest BCUT2D eigenvalue weighted by atomic mass is 35.5. The fraction of sp³-hybridized carbons (Fsp3) is 0.409. The largest absolute Gasteiger partial charge is 0.497 e. The summed E-state index contributed by atoms with van der Waals surface area (Å²) < 4.78 is 37.5. The minimum atomic E-state index is -3.44. The van der Waals surface area contributed by atoms with E-state index >= 15 is 0 Å². The molecule has 0 saturated carbocycles. The number of carbonyl (C=O) groups excluding carboxylic acids is 1. The van der Waals surface area contributed by atoms with E-state index in [1.807, 2.05) is 12.1 Å². The summed E-state index contributed by atoms with van der Waals surface area (Å²) in [4.78, 5) is 12.4. The van der Waals surface area contributed by atoms with Crippen LogP contribution in [0.1, 0.15) is 18.4 Å². The first-order chi connectivity index (χ1) is 14.9. The highest BCUT2D eigenvalue weighted by Crippen LogP contribution is 2.23. The van der Waals surface area contributed by atoms with Gasteiger partial charge in [-0.2, -0.15) is 0 Å². The number of nitrogens with one attached hydrogen (secondary N) is 1. The average molecular weight is 467 g/mol. The van der Waals surface area contributed by atoms with E-state index in [1.54, 1.807) is 43.5 Å². The average Bonchev–Trinajstić information content (AvgIpc) is 2.77. The minimum Gasteiger partial charge on any atom is -0.497 e. The van der Waals surface area contributed by atoms with Crippen molar-refractivity contribution in [3.63, 3.8) is 0 Å². The first kappa shape index (κ1) is 23.4. The Kier molecular flexibility index (Phi) is 8.17. The Morgan fingerprint density at radius 2 is 1.81 bits per heavy atom. The molecule has 2 aromatic rings. The van der Waals surface area contributed by atoms with Crippen molar-refractivity contribution < 1.29 is 22.7 Å². The SMILES string of the molecule is COc1ccc(OCCNC(=O)C2CCN(S(=O)(=O)Cc3cccc(Cl)c3)CC2)cc1. The molecule has 1 heterocycles. The van der Waals surface area contributed by atoms with Crippen molar-refractivity contribution in [2.45, 2.75) is 18.6 Å². The van der Waals surface area contributed by atoms with E-state index in [0.29, 0.717) is 55.4 Å². The Bertz CT molecular complexity index is 974. The third kappa shape index (κ3) is 6.85. The highest BCUT2D eigenvalue weighted by molar-refractivity contribution is 7.88. The van der Waals surface area contributed by atoms with Crippen molar-refractivity contribution in [1.82, 2.24) is 9.62 Å². The van der Waals surface area contributed by atoms with Crippen molar-refractivity contribution in [1.29, 1.82) is 0 Å². The van der Waals surface area contributed by atoms with Crippen LogP contribution in [0.4, 0.5) is 0 Å². The number of ether oxygens (including phenoxy) is 2. The molecular weight excluding hydrogens is 440 g/mol. The van der Waals surface area contributed by atoms with Gasteiger partial charge in [0.1, 0.15) is 18.1 Å². The molecule has 7 nitrogen and oxygen atoms in total. The number of halogens is 1. The Balaban J connectivity index is 1.39. The molecule has 9 heteroatoms. The smallest absolute Gasteiger partial charge is 0.223 e. The summed E-state index contributed by atoms with van der Waals surface area (Å²) in [5.41, 5.74) is 0.657. The molecule has 0 bridgehead atoms. The van der Waals surface area contributed by atoms with Crippen LogP contribution in [-0.4, -0.2) is 52.0 Å². The molecule has 1 aliphatic heterocycles. The third-order valence-corrected chi connectivity index (χ3v) is 7.27. The van der Waals surface area contributed by atoms with Crippen molar-refractivity contribution in [2.24, 2.45) is 5.92 Å². The maximum absolute atomic E-state index is 12.7. The molecule has 2 aromatic carbocycles. The number of rotatable bonds is 9. The van der Waals surface area contributed by atoms with E-state index in [1.165, 1.54) is 4.31 Å². The summed E-state index contributed by atoms with van der Waals surface area (Å²) in [5, 5.41) is 3.39. The predicted octanol–water partition coefficient (Wildman–Crippen LogP) is 3.09. The molecule has 0 spiro atoms. The first-order valence-corrected chi connectivity index (χ1v) is 12.1. The molecule has 0 radical (unpaired) electrons. The molecule has 0 aliphatic carbocycles. The van der Waals surface area contributed by atoms with Gasteiger partial charge in [-0.25, -0.2) is 12.7 Å². The summed E-state index contributed by atoms with van der Waals surface area (Å²) in [6.07, 6.45) is 1.000. The molecule has 31 heavy (non-hydrogen) atoms. The summed E-state index contributed by atoms with van der Waals surface area (Å²) >= 11 is 5.95. The fourth-order valence-electron chi connectivity index (χ4n) is 3.48. The number of hydrogen-bond donors (Lipinski definition) is 1. The molecule has 1 N–H and O–H groups in total. The van der Waals surface area contributed by atoms with Crippen molar-refractivity contribution in [3.8, 4) is 11.5 Å². The van der Waals surface area contributed by atoms with Crippen molar-refractivity contribution >= 4 is 27.5 Å². The van der Waals surface area contributed by atoms with Crippen LogP contribution >= 0.6 is 11.6 Å². The highest BCUT2D eigenvalue weighted by Gasteiger charge is 2.31. The molecule has 1 saturated heterocycles. The van der Waals surface area contributed by atoms with Crippen LogP contribution in [0.5, 0.6) is 11.5 Å². The van der Waals surface area contributed by atoms with Gasteiger partial charge in [-0.15, -0.1) is 0 Å². The van der Waals surface area contributed by atoms with E-state index < -0.39 is 10.0 Å². The number of hydrogen-bond acceptors (Lipinski definition) is 5. The lowest BCUT2D eigenvalue weighted by Crippen LogP contribution is -2.43. The van der Waals surface area contributed by atoms with E-state index in [9.17, 15) is 13.2 Å². The lowest BCUT2D eigenvalue weighted by Gasteiger charge is -2.30. The van der Waals surface area contributed by atoms with Gasteiger partial charge < -0.3 is 14.8 Å². The molecule has 1 aliphatic rings. The van der Waals surface area contributed by atoms with Gasteiger partial charge >= 0.3 is 0 Å². The summed E-state index contributed by atoms with van der Waals surface area (Å²) in [6.45, 7) is 1.41. The number of sulfonamides is 1. The third-order valence-electron chi connectivity index (χ3n) is 5.19. The Labute approximate surface area is 188 Å². The van der Waals surface area contributed by atoms with Gasteiger partial charge in [0.05, 0.1) is 19.4 Å². The molecule has 1 fully saturated rings. The number of piperidine rings is 1. The zero-order valence-electron chi connectivity index (χ0n) is 17.4. The zero-order chi connectivity index (χ0) is 22.3. The predicted molar refractivity (Wildman–Crippen MR) is 120 cm³/mol. The summed E-state index contributed by atoms with van der Waals surface area (Å²) in [5.74, 6) is 1.10. The van der Waals surface area contributed by atoms with Gasteiger partial charge in [0.2, 0.25) is 15.9 Å². The Morgan fingerprint density at radius 3 is 2.45 bits per heavy atom.